The van der Waals surface area contributed by atoms with Crippen molar-refractivity contribution in [1.29, 1.82) is 0 Å². The van der Waals surface area contributed by atoms with E-state index in [-0.39, 0.29) is 6.09 Å². The highest BCUT2D eigenvalue weighted by Gasteiger charge is 2.37. The first-order valence-corrected chi connectivity index (χ1v) is 7.13. The van der Waals surface area contributed by atoms with Crippen molar-refractivity contribution in [2.75, 3.05) is 19.6 Å². The predicted molar refractivity (Wildman–Crippen MR) is 71.4 cm³/mol. The molecule has 4 nitrogen and oxygen atoms in total. The largest absolute Gasteiger partial charge is 0.444 e. The molecule has 2 fully saturated rings. The Morgan fingerprint density at radius 3 is 2.67 bits per heavy atom. The maximum atomic E-state index is 11.6. The highest BCUT2D eigenvalue weighted by atomic mass is 16.6. The van der Waals surface area contributed by atoms with Crippen LogP contribution in [0.3, 0.4) is 0 Å². The molecule has 1 aliphatic heterocycles. The van der Waals surface area contributed by atoms with Crippen molar-refractivity contribution >= 4 is 6.09 Å². The summed E-state index contributed by atoms with van der Waals surface area (Å²) in [5.74, 6) is 2.25. The molecule has 104 valence electrons. The van der Waals surface area contributed by atoms with E-state index in [4.69, 9.17) is 4.74 Å². The van der Waals surface area contributed by atoms with Gasteiger partial charge >= 0.3 is 6.09 Å². The van der Waals surface area contributed by atoms with Gasteiger partial charge in [-0.3, -0.25) is 0 Å². The van der Waals surface area contributed by atoms with Crippen molar-refractivity contribution < 1.29 is 9.53 Å². The van der Waals surface area contributed by atoms with Crippen LogP contribution < -0.4 is 10.6 Å². The quantitative estimate of drug-likeness (QED) is 0.811. The maximum Gasteiger partial charge on any atom is 0.407 e. The van der Waals surface area contributed by atoms with Crippen LogP contribution in [0.5, 0.6) is 0 Å². The van der Waals surface area contributed by atoms with Crippen molar-refractivity contribution in [3.8, 4) is 0 Å². The van der Waals surface area contributed by atoms with Crippen LogP contribution in [0.1, 0.15) is 40.0 Å². The molecular formula is C14H26N2O2. The van der Waals surface area contributed by atoms with Gasteiger partial charge < -0.3 is 15.4 Å². The van der Waals surface area contributed by atoms with Crippen LogP contribution in [0.2, 0.25) is 0 Å². The van der Waals surface area contributed by atoms with Crippen LogP contribution in [0.4, 0.5) is 4.79 Å². The lowest BCUT2D eigenvalue weighted by molar-refractivity contribution is 0.0505. The molecule has 0 aromatic heterocycles. The Labute approximate surface area is 110 Å². The van der Waals surface area contributed by atoms with E-state index in [0.717, 1.165) is 37.9 Å². The average molecular weight is 254 g/mol. The van der Waals surface area contributed by atoms with Crippen molar-refractivity contribution in [3.05, 3.63) is 0 Å². The summed E-state index contributed by atoms with van der Waals surface area (Å²) in [6, 6.07) is 0. The number of ether oxygens (including phenoxy) is 1. The van der Waals surface area contributed by atoms with Crippen LogP contribution in [0.15, 0.2) is 0 Å². The summed E-state index contributed by atoms with van der Waals surface area (Å²) in [6.07, 6.45) is 3.62. The van der Waals surface area contributed by atoms with E-state index in [1.165, 1.54) is 12.8 Å². The molecule has 1 aliphatic carbocycles. The fourth-order valence-corrected chi connectivity index (χ4v) is 2.79. The molecule has 2 N–H and O–H groups in total. The Bertz CT molecular complexity index is 295. The number of hydrogen-bond donors (Lipinski definition) is 2. The number of hydrogen-bond acceptors (Lipinski definition) is 3. The van der Waals surface area contributed by atoms with Gasteiger partial charge in [0.05, 0.1) is 0 Å². The van der Waals surface area contributed by atoms with E-state index < -0.39 is 5.60 Å². The molecule has 4 heteroatoms. The molecule has 2 atom stereocenters. The first-order valence-electron chi connectivity index (χ1n) is 7.13. The van der Waals surface area contributed by atoms with E-state index >= 15 is 0 Å². The van der Waals surface area contributed by atoms with Crippen molar-refractivity contribution in [1.82, 2.24) is 10.6 Å². The lowest BCUT2D eigenvalue weighted by Crippen LogP contribution is -2.44. The van der Waals surface area contributed by atoms with Gasteiger partial charge in [-0.1, -0.05) is 0 Å². The molecule has 1 saturated heterocycles. The summed E-state index contributed by atoms with van der Waals surface area (Å²) in [7, 11) is 0. The molecule has 0 unspecified atom stereocenters. The van der Waals surface area contributed by atoms with Gasteiger partial charge in [0.2, 0.25) is 0 Å². The molecule has 0 spiro atoms. The van der Waals surface area contributed by atoms with E-state index in [1.807, 2.05) is 20.8 Å². The summed E-state index contributed by atoms with van der Waals surface area (Å²) >= 11 is 0. The molecule has 0 bridgehead atoms. The van der Waals surface area contributed by atoms with Gasteiger partial charge in [0.15, 0.2) is 0 Å². The minimum Gasteiger partial charge on any atom is -0.444 e. The summed E-state index contributed by atoms with van der Waals surface area (Å²) in [5, 5.41) is 6.40. The van der Waals surface area contributed by atoms with E-state index in [1.54, 1.807) is 0 Å². The maximum absolute atomic E-state index is 11.6. The fraction of sp³-hybridized carbons (Fsp3) is 0.929. The Balaban J connectivity index is 1.75. The molecular weight excluding hydrogens is 228 g/mol. The summed E-state index contributed by atoms with van der Waals surface area (Å²) in [4.78, 5) is 11.6. The number of nitrogens with one attached hydrogen (secondary N) is 2. The lowest BCUT2D eigenvalue weighted by atomic mass is 9.83. The standard InChI is InChI=1S/C14H26N2O2/c1-14(2,3)18-13(17)16-8-11-6-7-15-9-12(11)10-4-5-10/h10-12,15H,4-9H2,1-3H3,(H,16,17)/t11-,12+/m0/s1. The topological polar surface area (TPSA) is 50.4 Å². The van der Waals surface area contributed by atoms with Crippen LogP contribution >= 0.6 is 0 Å². The molecule has 1 amide bonds. The first-order chi connectivity index (χ1) is 8.46. The SMILES string of the molecule is CC(C)(C)OC(=O)NC[C@@H]1CCNC[C@@H]1C1CC1. The molecule has 1 heterocycles. The van der Waals surface area contributed by atoms with Gasteiger partial charge in [-0.15, -0.1) is 0 Å². The third kappa shape index (κ3) is 4.16. The van der Waals surface area contributed by atoms with Crippen LogP contribution in [-0.2, 0) is 4.74 Å². The van der Waals surface area contributed by atoms with E-state index in [0.29, 0.717) is 5.92 Å². The van der Waals surface area contributed by atoms with Gasteiger partial charge in [-0.25, -0.2) is 4.79 Å². The summed E-state index contributed by atoms with van der Waals surface area (Å²) < 4.78 is 5.27. The van der Waals surface area contributed by atoms with Crippen LogP contribution in [0, 0.1) is 17.8 Å². The Hall–Kier alpha value is -0.770. The second kappa shape index (κ2) is 5.47. The number of carbonyl (C=O) groups excluding carboxylic acids is 1. The second-order valence-electron chi connectivity index (χ2n) is 6.64. The number of piperidine rings is 1. The lowest BCUT2D eigenvalue weighted by Gasteiger charge is -2.32. The Morgan fingerprint density at radius 1 is 1.33 bits per heavy atom. The molecule has 0 radical (unpaired) electrons. The summed E-state index contributed by atoms with van der Waals surface area (Å²) in [5.41, 5.74) is -0.409. The smallest absolute Gasteiger partial charge is 0.407 e. The third-order valence-electron chi connectivity index (χ3n) is 3.81. The average Bonchev–Trinajstić information content (AvgIpc) is 3.08. The zero-order valence-corrected chi connectivity index (χ0v) is 11.8. The molecule has 2 aliphatic rings. The highest BCUT2D eigenvalue weighted by molar-refractivity contribution is 5.67. The zero-order chi connectivity index (χ0) is 13.2. The Kier molecular flexibility index (Phi) is 4.15. The van der Waals surface area contributed by atoms with Gasteiger partial charge in [0.1, 0.15) is 5.60 Å². The predicted octanol–water partition coefficient (Wildman–Crippen LogP) is 2.15. The molecule has 1 saturated carbocycles. The van der Waals surface area contributed by atoms with Crippen molar-refractivity contribution in [3.63, 3.8) is 0 Å². The number of carbonyl (C=O) groups is 1. The summed E-state index contributed by atoms with van der Waals surface area (Å²) in [6.45, 7) is 8.63. The van der Waals surface area contributed by atoms with Crippen LogP contribution in [-0.4, -0.2) is 31.3 Å². The minimum absolute atomic E-state index is 0.282. The molecule has 0 aromatic rings. The van der Waals surface area contributed by atoms with Gasteiger partial charge in [0, 0.05) is 6.54 Å². The highest BCUT2D eigenvalue weighted by Crippen LogP contribution is 2.42. The van der Waals surface area contributed by atoms with E-state index in [2.05, 4.69) is 10.6 Å². The van der Waals surface area contributed by atoms with Gasteiger partial charge in [-0.2, -0.15) is 0 Å². The van der Waals surface area contributed by atoms with Gasteiger partial charge in [0.25, 0.3) is 0 Å². The third-order valence-corrected chi connectivity index (χ3v) is 3.81. The van der Waals surface area contributed by atoms with Crippen LogP contribution in [0.25, 0.3) is 0 Å². The van der Waals surface area contributed by atoms with E-state index in [9.17, 15) is 4.79 Å². The molecule has 18 heavy (non-hydrogen) atoms. The van der Waals surface area contributed by atoms with Gasteiger partial charge in [-0.05, 0) is 70.9 Å². The monoisotopic (exact) mass is 254 g/mol. The van der Waals surface area contributed by atoms with Crippen molar-refractivity contribution in [2.24, 2.45) is 17.8 Å². The normalized spacial score (nSPS) is 28.8. The minimum atomic E-state index is -0.409. The second-order valence-corrected chi connectivity index (χ2v) is 6.64. The number of rotatable bonds is 3. The zero-order valence-electron chi connectivity index (χ0n) is 11.8. The Morgan fingerprint density at radius 2 is 2.06 bits per heavy atom. The fourth-order valence-electron chi connectivity index (χ4n) is 2.79. The first kappa shape index (κ1) is 13.7. The number of alkyl carbamates (subject to hydrolysis) is 1. The van der Waals surface area contributed by atoms with Crippen molar-refractivity contribution in [2.45, 2.75) is 45.6 Å². The molecule has 0 aromatic carbocycles. The molecule has 2 rings (SSSR count). The number of amides is 1.